The maximum atomic E-state index is 7.71. The summed E-state index contributed by atoms with van der Waals surface area (Å²) in [6.45, 7) is 8.41. The van der Waals surface area contributed by atoms with Gasteiger partial charge in [-0.25, -0.2) is 0 Å². The highest BCUT2D eigenvalue weighted by Crippen LogP contribution is 2.06. The average molecular weight is 156 g/mol. The fourth-order valence-electron chi connectivity index (χ4n) is 0.919. The van der Waals surface area contributed by atoms with E-state index in [9.17, 15) is 0 Å². The van der Waals surface area contributed by atoms with Gasteiger partial charge in [0.1, 0.15) is 0 Å². The van der Waals surface area contributed by atoms with E-state index in [1.54, 1.807) is 0 Å². The van der Waals surface area contributed by atoms with E-state index in [0.29, 0.717) is 12.0 Å². The first-order valence-corrected chi connectivity index (χ1v) is 4.32. The molecule has 0 aliphatic carbocycles. The van der Waals surface area contributed by atoms with Gasteiger partial charge in [0.25, 0.3) is 0 Å². The van der Waals surface area contributed by atoms with Gasteiger partial charge in [0.05, 0.1) is 5.84 Å². The maximum Gasteiger partial charge on any atom is 0.0983 e. The van der Waals surface area contributed by atoms with Crippen LogP contribution in [0, 0.1) is 11.3 Å². The molecule has 0 radical (unpaired) electrons. The zero-order valence-electron chi connectivity index (χ0n) is 8.31. The van der Waals surface area contributed by atoms with Crippen LogP contribution in [0.15, 0.2) is 0 Å². The third-order valence-corrected chi connectivity index (χ3v) is 2.18. The van der Waals surface area contributed by atoms with Crippen molar-refractivity contribution in [3.63, 3.8) is 0 Å². The number of nitrogens with zero attached hydrogens (tertiary/aromatic N) is 1. The molecule has 2 heteroatoms. The molecule has 11 heavy (non-hydrogen) atoms. The molecule has 0 bridgehead atoms. The van der Waals surface area contributed by atoms with E-state index in [2.05, 4.69) is 27.7 Å². The van der Waals surface area contributed by atoms with Gasteiger partial charge in [0.2, 0.25) is 0 Å². The van der Waals surface area contributed by atoms with Crippen LogP contribution in [-0.4, -0.2) is 23.8 Å². The van der Waals surface area contributed by atoms with E-state index in [1.807, 2.05) is 11.9 Å². The number of nitrogens with one attached hydrogen (secondary N) is 1. The molecule has 0 saturated heterocycles. The van der Waals surface area contributed by atoms with Gasteiger partial charge < -0.3 is 4.90 Å². The summed E-state index contributed by atoms with van der Waals surface area (Å²) in [6.07, 6.45) is 1.10. The Morgan fingerprint density at radius 1 is 1.36 bits per heavy atom. The molecule has 1 N–H and O–H groups in total. The number of amidine groups is 1. The van der Waals surface area contributed by atoms with Crippen LogP contribution >= 0.6 is 0 Å². The molecular formula is C9H20N2. The highest BCUT2D eigenvalue weighted by Gasteiger charge is 2.12. The van der Waals surface area contributed by atoms with E-state index in [4.69, 9.17) is 5.41 Å². The summed E-state index contributed by atoms with van der Waals surface area (Å²) < 4.78 is 0. The van der Waals surface area contributed by atoms with Gasteiger partial charge in [-0.3, -0.25) is 5.41 Å². The summed E-state index contributed by atoms with van der Waals surface area (Å²) in [6, 6.07) is 0.491. The van der Waals surface area contributed by atoms with Crippen LogP contribution in [-0.2, 0) is 0 Å². The monoisotopic (exact) mass is 156 g/mol. The number of hydrogen-bond acceptors (Lipinski definition) is 1. The van der Waals surface area contributed by atoms with Crippen molar-refractivity contribution in [3.05, 3.63) is 0 Å². The van der Waals surface area contributed by atoms with E-state index in [0.717, 1.165) is 12.3 Å². The van der Waals surface area contributed by atoms with E-state index in [1.165, 1.54) is 0 Å². The Hall–Kier alpha value is -0.530. The topological polar surface area (TPSA) is 27.1 Å². The lowest BCUT2D eigenvalue weighted by atomic mass is 10.1. The molecule has 0 aromatic rings. The first-order chi connectivity index (χ1) is 5.00. The first kappa shape index (κ1) is 10.5. The van der Waals surface area contributed by atoms with E-state index < -0.39 is 0 Å². The van der Waals surface area contributed by atoms with Gasteiger partial charge in [-0.15, -0.1) is 0 Å². The van der Waals surface area contributed by atoms with Gasteiger partial charge >= 0.3 is 0 Å². The molecule has 0 heterocycles. The minimum Gasteiger partial charge on any atom is -0.361 e. The Kier molecular flexibility index (Phi) is 4.16. The molecule has 0 amide bonds. The molecular weight excluding hydrogens is 136 g/mol. The van der Waals surface area contributed by atoms with E-state index >= 15 is 0 Å². The smallest absolute Gasteiger partial charge is 0.0983 e. The highest BCUT2D eigenvalue weighted by molar-refractivity contribution is 5.80. The summed E-state index contributed by atoms with van der Waals surface area (Å²) >= 11 is 0. The van der Waals surface area contributed by atoms with Crippen molar-refractivity contribution in [3.8, 4) is 0 Å². The second-order valence-electron chi connectivity index (χ2n) is 3.41. The van der Waals surface area contributed by atoms with Crippen LogP contribution in [0.2, 0.25) is 0 Å². The molecule has 0 saturated carbocycles. The van der Waals surface area contributed by atoms with E-state index in [-0.39, 0.29) is 0 Å². The van der Waals surface area contributed by atoms with Crippen molar-refractivity contribution in [2.24, 2.45) is 5.92 Å². The van der Waals surface area contributed by atoms with Crippen molar-refractivity contribution in [1.82, 2.24) is 4.90 Å². The van der Waals surface area contributed by atoms with Crippen LogP contribution in [0.4, 0.5) is 0 Å². The van der Waals surface area contributed by atoms with Gasteiger partial charge in [-0.2, -0.15) is 0 Å². The Bertz CT molecular complexity index is 130. The Morgan fingerprint density at radius 3 is 2.09 bits per heavy atom. The van der Waals surface area contributed by atoms with Crippen molar-refractivity contribution in [1.29, 1.82) is 5.41 Å². The first-order valence-electron chi connectivity index (χ1n) is 4.32. The summed E-state index contributed by atoms with van der Waals surface area (Å²) in [5, 5.41) is 7.71. The molecule has 1 atom stereocenters. The molecule has 1 unspecified atom stereocenters. The third-order valence-electron chi connectivity index (χ3n) is 2.18. The quantitative estimate of drug-likeness (QED) is 0.493. The largest absolute Gasteiger partial charge is 0.361 e. The minimum absolute atomic E-state index is 0.342. The zero-order chi connectivity index (χ0) is 9.02. The summed E-state index contributed by atoms with van der Waals surface area (Å²) in [5.74, 6) is 1.08. The standard InChI is InChI=1S/C9H20N2/c1-6-8(4)11(5)9(10)7(2)3/h7-8,10H,6H2,1-5H3. The second kappa shape index (κ2) is 4.37. The molecule has 0 spiro atoms. The van der Waals surface area contributed by atoms with Crippen molar-refractivity contribution in [2.75, 3.05) is 7.05 Å². The fraction of sp³-hybridized carbons (Fsp3) is 0.889. The summed E-state index contributed by atoms with van der Waals surface area (Å²) in [4.78, 5) is 2.05. The van der Waals surface area contributed by atoms with Gasteiger partial charge in [0.15, 0.2) is 0 Å². The van der Waals surface area contributed by atoms with Crippen molar-refractivity contribution >= 4 is 5.84 Å². The minimum atomic E-state index is 0.342. The molecule has 66 valence electrons. The predicted molar refractivity (Wildman–Crippen MR) is 50.1 cm³/mol. The third kappa shape index (κ3) is 2.91. The summed E-state index contributed by atoms with van der Waals surface area (Å²) in [5.41, 5.74) is 0. The van der Waals surface area contributed by atoms with Gasteiger partial charge in [0, 0.05) is 19.0 Å². The molecule has 0 aromatic carbocycles. The Labute approximate surface area is 70.1 Å². The second-order valence-corrected chi connectivity index (χ2v) is 3.41. The number of hydrogen-bond donors (Lipinski definition) is 1. The Balaban J connectivity index is 4.02. The molecule has 0 aliphatic heterocycles. The van der Waals surface area contributed by atoms with Crippen molar-refractivity contribution < 1.29 is 0 Å². The lowest BCUT2D eigenvalue weighted by Crippen LogP contribution is -2.36. The number of rotatable bonds is 3. The van der Waals surface area contributed by atoms with Gasteiger partial charge in [-0.1, -0.05) is 20.8 Å². The molecule has 0 rings (SSSR count). The van der Waals surface area contributed by atoms with Crippen LogP contribution in [0.1, 0.15) is 34.1 Å². The van der Waals surface area contributed by atoms with Crippen LogP contribution in [0.5, 0.6) is 0 Å². The zero-order valence-corrected chi connectivity index (χ0v) is 8.31. The maximum absolute atomic E-state index is 7.71. The molecule has 2 nitrogen and oxygen atoms in total. The lowest BCUT2D eigenvalue weighted by molar-refractivity contribution is 0.363. The molecule has 0 fully saturated rings. The fourth-order valence-corrected chi connectivity index (χ4v) is 0.919. The highest BCUT2D eigenvalue weighted by atomic mass is 15.2. The normalized spacial score (nSPS) is 13.3. The van der Waals surface area contributed by atoms with Gasteiger partial charge in [-0.05, 0) is 13.3 Å². The predicted octanol–water partition coefficient (Wildman–Crippen LogP) is 2.35. The Morgan fingerprint density at radius 2 is 1.82 bits per heavy atom. The average Bonchev–Trinajstić information content (AvgIpc) is 2.00. The van der Waals surface area contributed by atoms with Crippen LogP contribution < -0.4 is 0 Å². The summed E-state index contributed by atoms with van der Waals surface area (Å²) in [7, 11) is 2.00. The van der Waals surface area contributed by atoms with Crippen LogP contribution in [0.25, 0.3) is 0 Å². The van der Waals surface area contributed by atoms with Crippen molar-refractivity contribution in [2.45, 2.75) is 40.2 Å². The molecule has 0 aliphatic rings. The van der Waals surface area contributed by atoms with Crippen LogP contribution in [0.3, 0.4) is 0 Å². The SMILES string of the molecule is CCC(C)N(C)C(=N)C(C)C. The molecule has 0 aromatic heterocycles. The lowest BCUT2D eigenvalue weighted by Gasteiger charge is -2.28.